The highest BCUT2D eigenvalue weighted by Gasteiger charge is 2.24. The van der Waals surface area contributed by atoms with E-state index < -0.39 is 0 Å². The summed E-state index contributed by atoms with van der Waals surface area (Å²) >= 11 is 0. The van der Waals surface area contributed by atoms with Crippen LogP contribution in [0.1, 0.15) is 43.6 Å². The molecule has 0 amide bonds. The number of nitrogen functional groups attached to an aromatic ring is 2. The normalized spacial score (nSPS) is 17.5. The first-order chi connectivity index (χ1) is 7.61. The molecule has 16 heavy (non-hydrogen) atoms. The first-order valence-corrected chi connectivity index (χ1v) is 5.71. The molecule has 0 unspecified atom stereocenters. The van der Waals surface area contributed by atoms with E-state index in [4.69, 9.17) is 11.5 Å². The van der Waals surface area contributed by atoms with Crippen LogP contribution in [0.2, 0.25) is 0 Å². The number of hydrogen-bond acceptors (Lipinski definition) is 4. The van der Waals surface area contributed by atoms with Crippen LogP contribution in [0.25, 0.3) is 0 Å². The molecule has 4 heteroatoms. The van der Waals surface area contributed by atoms with Gasteiger partial charge in [-0.2, -0.15) is 0 Å². The molecule has 0 bridgehead atoms. The molecular formula is C12H18N2O2. The molecule has 0 aromatic heterocycles. The zero-order valence-electron chi connectivity index (χ0n) is 9.24. The molecule has 4 nitrogen and oxygen atoms in total. The summed E-state index contributed by atoms with van der Waals surface area (Å²) in [5, 5.41) is 19.6. The molecule has 2 rings (SSSR count). The fourth-order valence-corrected chi connectivity index (χ4v) is 2.52. The highest BCUT2D eigenvalue weighted by atomic mass is 16.3. The van der Waals surface area contributed by atoms with Crippen molar-refractivity contribution in [2.24, 2.45) is 0 Å². The minimum absolute atomic E-state index is 0.0316. The van der Waals surface area contributed by atoms with Crippen LogP contribution in [-0.4, -0.2) is 10.2 Å². The second-order valence-electron chi connectivity index (χ2n) is 4.50. The highest BCUT2D eigenvalue weighted by molar-refractivity contribution is 5.73. The summed E-state index contributed by atoms with van der Waals surface area (Å²) in [4.78, 5) is 0. The zero-order chi connectivity index (χ0) is 11.7. The van der Waals surface area contributed by atoms with Gasteiger partial charge in [0.2, 0.25) is 0 Å². The molecule has 0 aliphatic heterocycles. The van der Waals surface area contributed by atoms with E-state index in [9.17, 15) is 10.2 Å². The fraction of sp³-hybridized carbons (Fsp3) is 0.500. The minimum atomic E-state index is -0.0316. The molecule has 1 aliphatic rings. The van der Waals surface area contributed by atoms with Crippen LogP contribution in [-0.2, 0) is 0 Å². The van der Waals surface area contributed by atoms with E-state index in [-0.39, 0.29) is 28.8 Å². The molecule has 1 aromatic carbocycles. The summed E-state index contributed by atoms with van der Waals surface area (Å²) < 4.78 is 0. The van der Waals surface area contributed by atoms with Gasteiger partial charge in [-0.15, -0.1) is 0 Å². The van der Waals surface area contributed by atoms with Crippen molar-refractivity contribution in [1.29, 1.82) is 0 Å². The lowest BCUT2D eigenvalue weighted by atomic mass is 9.82. The van der Waals surface area contributed by atoms with Crippen LogP contribution < -0.4 is 11.5 Å². The van der Waals surface area contributed by atoms with E-state index in [2.05, 4.69) is 0 Å². The Morgan fingerprint density at radius 1 is 1.06 bits per heavy atom. The van der Waals surface area contributed by atoms with E-state index in [1.54, 1.807) is 0 Å². The third-order valence-corrected chi connectivity index (χ3v) is 3.40. The molecule has 1 fully saturated rings. The molecule has 88 valence electrons. The van der Waals surface area contributed by atoms with Gasteiger partial charge in [0.1, 0.15) is 11.5 Å². The fourth-order valence-electron chi connectivity index (χ4n) is 2.52. The Morgan fingerprint density at radius 3 is 2.31 bits per heavy atom. The minimum Gasteiger partial charge on any atom is -0.506 e. The lowest BCUT2D eigenvalue weighted by Crippen LogP contribution is -2.08. The maximum atomic E-state index is 9.94. The maximum Gasteiger partial charge on any atom is 0.144 e. The number of aromatic hydroxyl groups is 2. The zero-order valence-corrected chi connectivity index (χ0v) is 9.24. The summed E-state index contributed by atoms with van der Waals surface area (Å²) in [5.41, 5.74) is 12.6. The quantitative estimate of drug-likeness (QED) is 0.333. The lowest BCUT2D eigenvalue weighted by Gasteiger charge is -2.25. The van der Waals surface area contributed by atoms with Crippen molar-refractivity contribution in [1.82, 2.24) is 0 Å². The van der Waals surface area contributed by atoms with Gasteiger partial charge < -0.3 is 21.7 Å². The third-order valence-electron chi connectivity index (χ3n) is 3.40. The van der Waals surface area contributed by atoms with Crippen molar-refractivity contribution in [3.8, 4) is 11.5 Å². The molecule has 0 heterocycles. The van der Waals surface area contributed by atoms with Gasteiger partial charge in [-0.3, -0.25) is 0 Å². The average molecular weight is 222 g/mol. The highest BCUT2D eigenvalue weighted by Crippen LogP contribution is 2.45. The lowest BCUT2D eigenvalue weighted by molar-refractivity contribution is 0.412. The molecule has 1 saturated carbocycles. The number of phenols is 2. The number of rotatable bonds is 1. The van der Waals surface area contributed by atoms with Crippen LogP contribution in [0.15, 0.2) is 6.07 Å². The smallest absolute Gasteiger partial charge is 0.144 e. The number of benzene rings is 1. The van der Waals surface area contributed by atoms with Crippen LogP contribution in [0.4, 0.5) is 11.4 Å². The Kier molecular flexibility index (Phi) is 2.81. The molecule has 0 radical (unpaired) electrons. The van der Waals surface area contributed by atoms with Crippen LogP contribution >= 0.6 is 0 Å². The van der Waals surface area contributed by atoms with Gasteiger partial charge in [0.15, 0.2) is 0 Å². The molecular weight excluding hydrogens is 204 g/mol. The van der Waals surface area contributed by atoms with E-state index in [0.717, 1.165) is 25.7 Å². The summed E-state index contributed by atoms with van der Waals surface area (Å²) in [6.45, 7) is 0. The molecule has 0 spiro atoms. The van der Waals surface area contributed by atoms with Gasteiger partial charge in [0, 0.05) is 11.6 Å². The summed E-state index contributed by atoms with van der Waals surface area (Å²) in [6, 6.07) is 1.30. The summed E-state index contributed by atoms with van der Waals surface area (Å²) in [6.07, 6.45) is 5.50. The van der Waals surface area contributed by atoms with E-state index >= 15 is 0 Å². The number of anilines is 2. The predicted octanol–water partition coefficient (Wildman–Crippen LogP) is 2.31. The molecule has 0 atom stereocenters. The number of hydrogen-bond donors (Lipinski definition) is 4. The third kappa shape index (κ3) is 1.75. The number of phenolic OH excluding ortho intramolecular Hbond substituents is 2. The first kappa shape index (κ1) is 10.9. The van der Waals surface area contributed by atoms with Crippen molar-refractivity contribution in [3.05, 3.63) is 11.6 Å². The maximum absolute atomic E-state index is 9.94. The van der Waals surface area contributed by atoms with Crippen LogP contribution in [0, 0.1) is 0 Å². The molecule has 1 aromatic rings. The van der Waals surface area contributed by atoms with Gasteiger partial charge in [0.05, 0.1) is 11.4 Å². The Morgan fingerprint density at radius 2 is 1.69 bits per heavy atom. The second-order valence-corrected chi connectivity index (χ2v) is 4.50. The first-order valence-electron chi connectivity index (χ1n) is 5.71. The summed E-state index contributed by atoms with van der Waals surface area (Å²) in [5.74, 6) is 0.237. The Bertz CT molecular complexity index is 372. The van der Waals surface area contributed by atoms with Gasteiger partial charge in [-0.1, -0.05) is 19.3 Å². The Balaban J connectivity index is 2.45. The molecule has 0 saturated heterocycles. The van der Waals surface area contributed by atoms with Gasteiger partial charge in [-0.05, 0) is 18.8 Å². The van der Waals surface area contributed by atoms with E-state index in [1.807, 2.05) is 0 Å². The Hall–Kier alpha value is -1.58. The van der Waals surface area contributed by atoms with Crippen molar-refractivity contribution >= 4 is 11.4 Å². The van der Waals surface area contributed by atoms with Gasteiger partial charge >= 0.3 is 0 Å². The van der Waals surface area contributed by atoms with Crippen LogP contribution in [0.3, 0.4) is 0 Å². The SMILES string of the molecule is Nc1cc(O)c(N)c(C2CCCCC2)c1O. The average Bonchev–Trinajstić information content (AvgIpc) is 2.28. The van der Waals surface area contributed by atoms with E-state index in [1.165, 1.54) is 12.5 Å². The van der Waals surface area contributed by atoms with Crippen molar-refractivity contribution < 1.29 is 10.2 Å². The molecule has 1 aliphatic carbocycles. The topological polar surface area (TPSA) is 92.5 Å². The van der Waals surface area contributed by atoms with Crippen molar-refractivity contribution in [2.45, 2.75) is 38.0 Å². The van der Waals surface area contributed by atoms with E-state index in [0.29, 0.717) is 5.56 Å². The standard InChI is InChI=1S/C12H18N2O2/c13-8-6-9(15)11(14)10(12(8)16)7-4-2-1-3-5-7/h6-7,15-16H,1-5,13-14H2. The largest absolute Gasteiger partial charge is 0.506 e. The number of nitrogens with two attached hydrogens (primary N) is 2. The van der Waals surface area contributed by atoms with Crippen molar-refractivity contribution in [2.75, 3.05) is 11.5 Å². The monoisotopic (exact) mass is 222 g/mol. The Labute approximate surface area is 94.9 Å². The van der Waals surface area contributed by atoms with Crippen molar-refractivity contribution in [3.63, 3.8) is 0 Å². The van der Waals surface area contributed by atoms with Crippen LogP contribution in [0.5, 0.6) is 11.5 Å². The predicted molar refractivity (Wildman–Crippen MR) is 64.4 cm³/mol. The second kappa shape index (κ2) is 4.12. The van der Waals surface area contributed by atoms with Gasteiger partial charge in [0.25, 0.3) is 0 Å². The molecule has 6 N–H and O–H groups in total. The van der Waals surface area contributed by atoms with Gasteiger partial charge in [-0.25, -0.2) is 0 Å². The summed E-state index contributed by atoms with van der Waals surface area (Å²) in [7, 11) is 0.